The highest BCUT2D eigenvalue weighted by molar-refractivity contribution is 5.72. The molecular weight excluding hydrogens is 247 g/mol. The van der Waals surface area contributed by atoms with Crippen LogP contribution < -0.4 is 0 Å². The zero-order chi connectivity index (χ0) is 13.7. The summed E-state index contributed by atoms with van der Waals surface area (Å²) in [5.41, 5.74) is 1.13. The summed E-state index contributed by atoms with van der Waals surface area (Å²) in [6.07, 6.45) is 2.16. The number of aliphatic hydroxyl groups is 1. The zero-order valence-corrected chi connectivity index (χ0v) is 11.1. The molecule has 4 nitrogen and oxygen atoms in total. The summed E-state index contributed by atoms with van der Waals surface area (Å²) in [5.74, 6) is 0.235. The van der Waals surface area contributed by atoms with Crippen LogP contribution in [0.2, 0.25) is 0 Å². The van der Waals surface area contributed by atoms with E-state index in [0.29, 0.717) is 30.1 Å². The molecule has 0 aliphatic heterocycles. The molecule has 19 heavy (non-hydrogen) atoms. The second kappa shape index (κ2) is 6.63. The number of nitrogens with zero attached hydrogens (tertiary/aromatic N) is 2. The molecule has 0 atom stereocenters. The van der Waals surface area contributed by atoms with Crippen molar-refractivity contribution >= 4 is 11.1 Å². The van der Waals surface area contributed by atoms with Crippen molar-refractivity contribution in [1.82, 2.24) is 9.88 Å². The number of oxazole rings is 1. The van der Waals surface area contributed by atoms with Crippen molar-refractivity contribution in [1.29, 1.82) is 0 Å². The highest BCUT2D eigenvalue weighted by atomic mass is 19.1. The SMILES string of the molecule is CCCCN(CCO)Cc1nc2ccc(F)cc2o1. The van der Waals surface area contributed by atoms with E-state index < -0.39 is 0 Å². The lowest BCUT2D eigenvalue weighted by Crippen LogP contribution is -2.27. The lowest BCUT2D eigenvalue weighted by molar-refractivity contribution is 0.177. The fraction of sp³-hybridized carbons (Fsp3) is 0.500. The summed E-state index contributed by atoms with van der Waals surface area (Å²) in [6.45, 7) is 4.26. The number of fused-ring (bicyclic) bond motifs is 1. The van der Waals surface area contributed by atoms with Gasteiger partial charge in [0, 0.05) is 12.6 Å². The largest absolute Gasteiger partial charge is 0.439 e. The quantitative estimate of drug-likeness (QED) is 0.836. The van der Waals surface area contributed by atoms with Gasteiger partial charge in [0.05, 0.1) is 13.2 Å². The summed E-state index contributed by atoms with van der Waals surface area (Å²) < 4.78 is 18.6. The standard InChI is InChI=1S/C14H19FN2O2/c1-2-3-6-17(7-8-18)10-14-16-12-5-4-11(15)9-13(12)19-14/h4-5,9,18H,2-3,6-8,10H2,1H3. The van der Waals surface area contributed by atoms with Gasteiger partial charge in [-0.2, -0.15) is 0 Å². The van der Waals surface area contributed by atoms with E-state index in [1.54, 1.807) is 6.07 Å². The predicted molar refractivity (Wildman–Crippen MR) is 71.2 cm³/mol. The average molecular weight is 266 g/mol. The van der Waals surface area contributed by atoms with Crippen molar-refractivity contribution in [2.45, 2.75) is 26.3 Å². The Morgan fingerprint density at radius 1 is 1.37 bits per heavy atom. The molecule has 1 N–H and O–H groups in total. The van der Waals surface area contributed by atoms with E-state index in [0.717, 1.165) is 19.4 Å². The molecule has 0 bridgehead atoms. The molecule has 2 aromatic rings. The molecule has 0 aliphatic carbocycles. The van der Waals surface area contributed by atoms with Crippen LogP contribution >= 0.6 is 0 Å². The molecule has 1 aromatic heterocycles. The van der Waals surface area contributed by atoms with Crippen molar-refractivity contribution in [3.63, 3.8) is 0 Å². The summed E-state index contributed by atoms with van der Waals surface area (Å²) >= 11 is 0. The molecule has 0 saturated carbocycles. The van der Waals surface area contributed by atoms with Gasteiger partial charge >= 0.3 is 0 Å². The number of benzene rings is 1. The Kier molecular flexibility index (Phi) is 4.87. The van der Waals surface area contributed by atoms with Gasteiger partial charge in [0.1, 0.15) is 11.3 Å². The molecule has 0 aliphatic rings. The van der Waals surface area contributed by atoms with Gasteiger partial charge in [-0.15, -0.1) is 0 Å². The number of hydrogen-bond donors (Lipinski definition) is 1. The summed E-state index contributed by atoms with van der Waals surface area (Å²) in [4.78, 5) is 6.42. The van der Waals surface area contributed by atoms with Gasteiger partial charge in [0.2, 0.25) is 5.89 Å². The highest BCUT2D eigenvalue weighted by Gasteiger charge is 2.11. The van der Waals surface area contributed by atoms with E-state index in [2.05, 4.69) is 16.8 Å². The minimum absolute atomic E-state index is 0.110. The van der Waals surface area contributed by atoms with Crippen LogP contribution in [0.15, 0.2) is 22.6 Å². The first kappa shape index (κ1) is 14.0. The van der Waals surface area contributed by atoms with E-state index in [1.807, 2.05) is 0 Å². The third-order valence-corrected chi connectivity index (χ3v) is 3.00. The number of halogens is 1. The van der Waals surface area contributed by atoms with Crippen LogP contribution in [0.1, 0.15) is 25.7 Å². The van der Waals surface area contributed by atoms with Crippen molar-refractivity contribution in [2.75, 3.05) is 19.7 Å². The van der Waals surface area contributed by atoms with Crippen LogP contribution in [0.5, 0.6) is 0 Å². The third kappa shape index (κ3) is 3.75. The first-order chi connectivity index (χ1) is 9.22. The van der Waals surface area contributed by atoms with Gasteiger partial charge in [0.25, 0.3) is 0 Å². The minimum Gasteiger partial charge on any atom is -0.439 e. The van der Waals surface area contributed by atoms with E-state index in [1.165, 1.54) is 12.1 Å². The molecule has 0 spiro atoms. The van der Waals surface area contributed by atoms with Crippen LogP contribution in [-0.4, -0.2) is 34.7 Å². The Bertz CT molecular complexity index is 527. The monoisotopic (exact) mass is 266 g/mol. The highest BCUT2D eigenvalue weighted by Crippen LogP contribution is 2.17. The summed E-state index contributed by atoms with van der Waals surface area (Å²) in [6, 6.07) is 4.32. The van der Waals surface area contributed by atoms with Gasteiger partial charge < -0.3 is 9.52 Å². The Morgan fingerprint density at radius 2 is 2.21 bits per heavy atom. The molecule has 0 radical (unpaired) electrons. The molecule has 0 amide bonds. The number of rotatable bonds is 7. The van der Waals surface area contributed by atoms with Crippen molar-refractivity contribution in [3.05, 3.63) is 29.9 Å². The minimum atomic E-state index is -0.326. The molecule has 1 aromatic carbocycles. The van der Waals surface area contributed by atoms with Crippen LogP contribution in [-0.2, 0) is 6.54 Å². The van der Waals surface area contributed by atoms with Crippen LogP contribution in [0.3, 0.4) is 0 Å². The topological polar surface area (TPSA) is 49.5 Å². The second-order valence-electron chi connectivity index (χ2n) is 4.57. The fourth-order valence-electron chi connectivity index (χ4n) is 2.00. The van der Waals surface area contributed by atoms with E-state index in [-0.39, 0.29) is 12.4 Å². The molecule has 0 saturated heterocycles. The van der Waals surface area contributed by atoms with Crippen molar-refractivity contribution < 1.29 is 13.9 Å². The van der Waals surface area contributed by atoms with Gasteiger partial charge in [-0.1, -0.05) is 13.3 Å². The van der Waals surface area contributed by atoms with E-state index in [4.69, 9.17) is 9.52 Å². The maximum Gasteiger partial charge on any atom is 0.209 e. The molecule has 0 unspecified atom stereocenters. The summed E-state index contributed by atoms with van der Waals surface area (Å²) in [5, 5.41) is 9.05. The third-order valence-electron chi connectivity index (χ3n) is 3.00. The lowest BCUT2D eigenvalue weighted by atomic mass is 10.3. The molecule has 104 valence electrons. The van der Waals surface area contributed by atoms with Crippen LogP contribution in [0, 0.1) is 5.82 Å². The first-order valence-electron chi connectivity index (χ1n) is 6.61. The Hall–Kier alpha value is -1.46. The smallest absolute Gasteiger partial charge is 0.209 e. The van der Waals surface area contributed by atoms with Gasteiger partial charge in [-0.25, -0.2) is 9.37 Å². The van der Waals surface area contributed by atoms with E-state index >= 15 is 0 Å². The van der Waals surface area contributed by atoms with Crippen LogP contribution in [0.4, 0.5) is 4.39 Å². The fourth-order valence-corrected chi connectivity index (χ4v) is 2.00. The van der Waals surface area contributed by atoms with Crippen LogP contribution in [0.25, 0.3) is 11.1 Å². The maximum atomic E-state index is 13.1. The first-order valence-corrected chi connectivity index (χ1v) is 6.61. The lowest BCUT2D eigenvalue weighted by Gasteiger charge is -2.18. The normalized spacial score (nSPS) is 11.6. The molecular formula is C14H19FN2O2. The number of aliphatic hydroxyl groups excluding tert-OH is 1. The van der Waals surface area contributed by atoms with Gasteiger partial charge in [-0.05, 0) is 25.1 Å². The second-order valence-corrected chi connectivity index (χ2v) is 4.57. The summed E-state index contributed by atoms with van der Waals surface area (Å²) in [7, 11) is 0. The van der Waals surface area contributed by atoms with Gasteiger partial charge in [0.15, 0.2) is 5.58 Å². The maximum absolute atomic E-state index is 13.1. The van der Waals surface area contributed by atoms with Crippen molar-refractivity contribution in [3.8, 4) is 0 Å². The van der Waals surface area contributed by atoms with E-state index in [9.17, 15) is 4.39 Å². The Morgan fingerprint density at radius 3 is 2.95 bits per heavy atom. The average Bonchev–Trinajstić information content (AvgIpc) is 2.77. The number of unbranched alkanes of at least 4 members (excludes halogenated alkanes) is 1. The predicted octanol–water partition coefficient (Wildman–Crippen LogP) is 2.56. The number of hydrogen-bond acceptors (Lipinski definition) is 4. The molecule has 0 fully saturated rings. The number of aromatic nitrogens is 1. The molecule has 5 heteroatoms. The zero-order valence-electron chi connectivity index (χ0n) is 11.1. The molecule has 2 rings (SSSR count). The Labute approximate surface area is 111 Å². The Balaban J connectivity index is 2.09. The molecule has 1 heterocycles. The van der Waals surface area contributed by atoms with Crippen molar-refractivity contribution in [2.24, 2.45) is 0 Å². The van der Waals surface area contributed by atoms with Gasteiger partial charge in [-0.3, -0.25) is 4.90 Å².